The lowest BCUT2D eigenvalue weighted by atomic mass is 10.1. The molecule has 29 heavy (non-hydrogen) atoms. The number of nitrogens with zero attached hydrogens (tertiary/aromatic N) is 1. The van der Waals surface area contributed by atoms with Crippen LogP contribution in [0.3, 0.4) is 0 Å². The summed E-state index contributed by atoms with van der Waals surface area (Å²) in [6.07, 6.45) is 1.70. The van der Waals surface area contributed by atoms with Crippen LogP contribution in [0.4, 0.5) is 5.69 Å². The Kier molecular flexibility index (Phi) is 5.54. The maximum absolute atomic E-state index is 12.9. The van der Waals surface area contributed by atoms with Crippen LogP contribution in [-0.4, -0.2) is 16.0 Å². The molecule has 1 fully saturated rings. The lowest BCUT2D eigenvalue weighted by Crippen LogP contribution is -2.27. The topological polar surface area (TPSA) is 50.5 Å². The van der Waals surface area contributed by atoms with Gasteiger partial charge in [-0.1, -0.05) is 70.2 Å². The summed E-state index contributed by atoms with van der Waals surface area (Å²) in [6, 6.07) is 18.3. The van der Waals surface area contributed by atoms with Gasteiger partial charge >= 0.3 is 0 Å². The molecule has 0 unspecified atom stereocenters. The minimum atomic E-state index is -0.179. The monoisotopic (exact) mass is 483 g/mol. The van der Waals surface area contributed by atoms with Crippen molar-refractivity contribution in [3.05, 3.63) is 81.4 Å². The Morgan fingerprint density at radius 2 is 1.90 bits per heavy atom. The Bertz CT molecular complexity index is 1160. The van der Waals surface area contributed by atoms with Crippen LogP contribution in [0.25, 0.3) is 17.4 Å². The molecule has 2 heterocycles. The zero-order valence-corrected chi connectivity index (χ0v) is 18.4. The van der Waals surface area contributed by atoms with Crippen molar-refractivity contribution in [2.24, 2.45) is 0 Å². The van der Waals surface area contributed by atoms with Gasteiger partial charge in [0.2, 0.25) is 0 Å². The number of ketones is 1. The molecule has 3 aromatic rings. The highest BCUT2D eigenvalue weighted by Gasteiger charge is 2.33. The Morgan fingerprint density at radius 1 is 1.14 bits per heavy atom. The molecule has 1 aliphatic heterocycles. The van der Waals surface area contributed by atoms with E-state index in [-0.39, 0.29) is 11.7 Å². The Hall–Kier alpha value is -2.48. The molecule has 1 aliphatic rings. The van der Waals surface area contributed by atoms with Crippen molar-refractivity contribution in [1.29, 1.82) is 0 Å². The average molecular weight is 484 g/mol. The van der Waals surface area contributed by atoms with Crippen molar-refractivity contribution in [2.45, 2.75) is 6.92 Å². The summed E-state index contributed by atoms with van der Waals surface area (Å²) in [5, 5.41) is 0. The van der Waals surface area contributed by atoms with E-state index in [0.717, 1.165) is 15.7 Å². The number of amides is 1. The quantitative estimate of drug-likeness (QED) is 0.247. The highest BCUT2D eigenvalue weighted by molar-refractivity contribution is 9.10. The van der Waals surface area contributed by atoms with Gasteiger partial charge in [0.05, 0.1) is 10.6 Å². The number of anilines is 1. The van der Waals surface area contributed by atoms with E-state index in [0.29, 0.717) is 26.3 Å². The average Bonchev–Trinajstić information content (AvgIpc) is 3.26. The maximum atomic E-state index is 12.9. The van der Waals surface area contributed by atoms with Gasteiger partial charge in [-0.25, -0.2) is 0 Å². The minimum absolute atomic E-state index is 0.0177. The summed E-state index contributed by atoms with van der Waals surface area (Å²) in [5.74, 6) is 1.06. The first-order chi connectivity index (χ1) is 13.9. The van der Waals surface area contributed by atoms with Crippen molar-refractivity contribution in [3.63, 3.8) is 0 Å². The van der Waals surface area contributed by atoms with Crippen molar-refractivity contribution in [2.75, 3.05) is 4.90 Å². The lowest BCUT2D eigenvalue weighted by Gasteiger charge is -2.14. The normalized spacial score (nSPS) is 15.4. The zero-order valence-electron chi connectivity index (χ0n) is 15.2. The van der Waals surface area contributed by atoms with Gasteiger partial charge in [-0.2, -0.15) is 0 Å². The van der Waals surface area contributed by atoms with Crippen molar-refractivity contribution in [3.8, 4) is 11.3 Å². The number of Topliss-reactive ketones (excluding diaryl/α,β-unsaturated/α-hetero) is 1. The molecule has 0 saturated carbocycles. The second kappa shape index (κ2) is 8.10. The molecule has 144 valence electrons. The van der Waals surface area contributed by atoms with Crippen LogP contribution in [0.2, 0.25) is 0 Å². The van der Waals surface area contributed by atoms with Crippen LogP contribution in [0.1, 0.15) is 23.0 Å². The fourth-order valence-electron chi connectivity index (χ4n) is 2.89. The summed E-state index contributed by atoms with van der Waals surface area (Å²) >= 11 is 10.1. The highest BCUT2D eigenvalue weighted by atomic mass is 79.9. The van der Waals surface area contributed by atoms with Crippen LogP contribution in [0.5, 0.6) is 0 Å². The second-order valence-electron chi connectivity index (χ2n) is 6.33. The fraction of sp³-hybridized carbons (Fsp3) is 0.0455. The van der Waals surface area contributed by atoms with Gasteiger partial charge in [0.25, 0.3) is 5.91 Å². The van der Waals surface area contributed by atoms with Crippen LogP contribution in [0.15, 0.2) is 74.5 Å². The number of thioether (sulfide) groups is 1. The number of benzene rings is 2. The molecule has 1 saturated heterocycles. The third kappa shape index (κ3) is 4.12. The van der Waals surface area contributed by atoms with E-state index in [2.05, 4.69) is 15.9 Å². The van der Waals surface area contributed by atoms with E-state index in [9.17, 15) is 9.59 Å². The van der Waals surface area contributed by atoms with Crippen molar-refractivity contribution < 1.29 is 14.0 Å². The largest absolute Gasteiger partial charge is 0.457 e. The van der Waals surface area contributed by atoms with Gasteiger partial charge < -0.3 is 4.42 Å². The zero-order chi connectivity index (χ0) is 20.5. The number of carbonyl (C=O) groups is 2. The third-order valence-corrected chi connectivity index (χ3v) is 6.13. The summed E-state index contributed by atoms with van der Waals surface area (Å²) in [7, 11) is 0. The number of hydrogen-bond acceptors (Lipinski definition) is 5. The molecule has 4 nitrogen and oxygen atoms in total. The number of carbonyl (C=O) groups excluding carboxylic acids is 2. The summed E-state index contributed by atoms with van der Waals surface area (Å²) < 4.78 is 7.23. The minimum Gasteiger partial charge on any atom is -0.457 e. The van der Waals surface area contributed by atoms with Crippen molar-refractivity contribution >= 4 is 67.7 Å². The molecule has 7 heteroatoms. The van der Waals surface area contributed by atoms with E-state index in [1.54, 1.807) is 24.3 Å². The van der Waals surface area contributed by atoms with Crippen LogP contribution >= 0.6 is 39.9 Å². The van der Waals surface area contributed by atoms with Gasteiger partial charge in [-0.3, -0.25) is 14.5 Å². The fourth-order valence-corrected chi connectivity index (χ4v) is 4.56. The summed E-state index contributed by atoms with van der Waals surface area (Å²) in [5.41, 5.74) is 2.23. The van der Waals surface area contributed by atoms with E-state index >= 15 is 0 Å². The van der Waals surface area contributed by atoms with Crippen LogP contribution in [-0.2, 0) is 4.79 Å². The predicted octanol–water partition coefficient (Wildman–Crippen LogP) is 6.32. The number of halogens is 1. The van der Waals surface area contributed by atoms with E-state index < -0.39 is 0 Å². The molecule has 0 atom stereocenters. The SMILES string of the molecule is CC(=O)c1ccc(-c2ccc(/C=C3/SC(=S)N(c4cccc(Br)c4)C3=O)o2)cc1. The molecule has 1 amide bonds. The molecule has 0 spiro atoms. The molecule has 0 N–H and O–H groups in total. The third-order valence-electron chi connectivity index (χ3n) is 4.34. The molecule has 1 aromatic heterocycles. The molecule has 0 radical (unpaired) electrons. The molecular formula is C22H14BrNO3S2. The molecule has 0 bridgehead atoms. The summed E-state index contributed by atoms with van der Waals surface area (Å²) in [4.78, 5) is 26.3. The Balaban J connectivity index is 1.58. The molecule has 2 aromatic carbocycles. The maximum Gasteiger partial charge on any atom is 0.270 e. The van der Waals surface area contributed by atoms with E-state index in [1.807, 2.05) is 42.5 Å². The lowest BCUT2D eigenvalue weighted by molar-refractivity contribution is -0.113. The number of rotatable bonds is 4. The smallest absolute Gasteiger partial charge is 0.270 e. The Labute approximate surface area is 185 Å². The summed E-state index contributed by atoms with van der Waals surface area (Å²) in [6.45, 7) is 1.53. The van der Waals surface area contributed by atoms with Gasteiger partial charge in [-0.15, -0.1) is 0 Å². The number of hydrogen-bond donors (Lipinski definition) is 0. The van der Waals surface area contributed by atoms with Crippen molar-refractivity contribution in [1.82, 2.24) is 0 Å². The molecule has 4 rings (SSSR count). The van der Waals surface area contributed by atoms with E-state index in [4.69, 9.17) is 16.6 Å². The first-order valence-corrected chi connectivity index (χ1v) is 10.7. The second-order valence-corrected chi connectivity index (χ2v) is 8.92. The first-order valence-electron chi connectivity index (χ1n) is 8.67. The molecular weight excluding hydrogens is 470 g/mol. The Morgan fingerprint density at radius 3 is 2.59 bits per heavy atom. The highest BCUT2D eigenvalue weighted by Crippen LogP contribution is 2.37. The molecule has 0 aliphatic carbocycles. The standard InChI is InChI=1S/C22H14BrNO3S2/c1-13(25)14-5-7-15(8-6-14)19-10-9-18(27-19)12-20-21(26)24(22(28)29-20)17-4-2-3-16(23)11-17/h2-12H,1H3/b20-12+. The predicted molar refractivity (Wildman–Crippen MR) is 124 cm³/mol. The van der Waals surface area contributed by atoms with Crippen LogP contribution in [0, 0.1) is 0 Å². The van der Waals surface area contributed by atoms with Gasteiger partial charge in [0.15, 0.2) is 10.1 Å². The van der Waals surface area contributed by atoms with E-state index in [1.165, 1.54) is 23.6 Å². The van der Waals surface area contributed by atoms with Gasteiger partial charge in [-0.05, 0) is 37.3 Å². The van der Waals surface area contributed by atoms with Gasteiger partial charge in [0, 0.05) is 21.7 Å². The first kappa shape index (κ1) is 19.8. The van der Waals surface area contributed by atoms with Gasteiger partial charge in [0.1, 0.15) is 11.5 Å². The van der Waals surface area contributed by atoms with Crippen LogP contribution < -0.4 is 4.90 Å². The number of thiocarbonyl (C=S) groups is 1. The number of furan rings is 1.